The Hall–Kier alpha value is -2.92. The average Bonchev–Trinajstić information content (AvgIpc) is 3.26. The second-order valence-corrected chi connectivity index (χ2v) is 7.65. The molecule has 0 unspecified atom stereocenters. The zero-order valence-corrected chi connectivity index (χ0v) is 16.3. The fourth-order valence-electron chi connectivity index (χ4n) is 4.15. The molecule has 0 radical (unpaired) electrons. The molecule has 1 fully saturated rings. The maximum absolute atomic E-state index is 12.8. The third-order valence-electron chi connectivity index (χ3n) is 5.71. The number of Topliss-reactive ketones (excluding diaryl/α,β-unsaturated/α-hetero) is 1. The minimum Gasteiger partial charge on any atom is -0.507 e. The molecular formula is C24H25NO4. The van der Waals surface area contributed by atoms with E-state index in [-0.39, 0.29) is 23.5 Å². The molecule has 0 bridgehead atoms. The number of aromatic hydroxyl groups is 1. The first-order chi connectivity index (χ1) is 14.1. The molecular weight excluding hydrogens is 366 g/mol. The summed E-state index contributed by atoms with van der Waals surface area (Å²) in [6.45, 7) is 2.84. The van der Waals surface area contributed by atoms with Gasteiger partial charge in [-0.2, -0.15) is 0 Å². The Balaban J connectivity index is 1.67. The summed E-state index contributed by atoms with van der Waals surface area (Å²) in [5.41, 5.74) is 0.720. The Kier molecular flexibility index (Phi) is 5.76. The van der Waals surface area contributed by atoms with Gasteiger partial charge in [-0.1, -0.05) is 42.5 Å². The largest absolute Gasteiger partial charge is 0.507 e. The van der Waals surface area contributed by atoms with Gasteiger partial charge in [0.2, 0.25) is 0 Å². The molecule has 1 atom stereocenters. The quantitative estimate of drug-likeness (QED) is 0.615. The molecule has 29 heavy (non-hydrogen) atoms. The molecule has 3 aromatic rings. The molecule has 1 aliphatic rings. The molecule has 1 aromatic heterocycles. The zero-order valence-electron chi connectivity index (χ0n) is 16.3. The number of likely N-dealkylation sites (tertiary alicyclic amines) is 1. The Morgan fingerprint density at radius 3 is 2.48 bits per heavy atom. The molecule has 0 spiro atoms. The van der Waals surface area contributed by atoms with E-state index in [1.54, 1.807) is 24.3 Å². The number of hydrogen-bond acceptors (Lipinski definition) is 5. The van der Waals surface area contributed by atoms with E-state index >= 15 is 0 Å². The highest BCUT2D eigenvalue weighted by atomic mass is 16.4. The lowest BCUT2D eigenvalue weighted by molar-refractivity contribution is -0.119. The van der Waals surface area contributed by atoms with Gasteiger partial charge in [-0.25, -0.2) is 4.79 Å². The van der Waals surface area contributed by atoms with Gasteiger partial charge in [0.1, 0.15) is 17.1 Å². The number of nitrogens with zero attached hydrogens (tertiary/aromatic N) is 1. The Bertz CT molecular complexity index is 1050. The van der Waals surface area contributed by atoms with E-state index in [4.69, 9.17) is 4.42 Å². The molecule has 2 heterocycles. The van der Waals surface area contributed by atoms with Gasteiger partial charge >= 0.3 is 5.63 Å². The van der Waals surface area contributed by atoms with Crippen molar-refractivity contribution in [3.63, 3.8) is 0 Å². The van der Waals surface area contributed by atoms with Gasteiger partial charge < -0.3 is 14.4 Å². The van der Waals surface area contributed by atoms with Gasteiger partial charge in [0.25, 0.3) is 0 Å². The van der Waals surface area contributed by atoms with Crippen LogP contribution >= 0.6 is 0 Å². The first-order valence-electron chi connectivity index (χ1n) is 10.2. The molecule has 4 rings (SSSR count). The summed E-state index contributed by atoms with van der Waals surface area (Å²) in [6, 6.07) is 16.3. The molecule has 0 saturated carbocycles. The lowest BCUT2D eigenvalue weighted by Gasteiger charge is -2.19. The molecule has 5 heteroatoms. The number of carbonyl (C=O) groups is 1. The van der Waals surface area contributed by atoms with E-state index in [1.165, 1.54) is 12.8 Å². The van der Waals surface area contributed by atoms with Crippen molar-refractivity contribution in [1.82, 2.24) is 4.90 Å². The summed E-state index contributed by atoms with van der Waals surface area (Å²) >= 11 is 0. The summed E-state index contributed by atoms with van der Waals surface area (Å²) in [4.78, 5) is 27.9. The third-order valence-corrected chi connectivity index (χ3v) is 5.71. The highest BCUT2D eigenvalue weighted by molar-refractivity contribution is 5.85. The molecule has 1 aliphatic heterocycles. The molecule has 5 nitrogen and oxygen atoms in total. The van der Waals surface area contributed by atoms with Crippen molar-refractivity contribution in [2.45, 2.75) is 31.6 Å². The SMILES string of the molecule is O=C(CCN1CCCC1)C[C@H](c1ccccc1)c1c(O)c2ccccc2oc1=O. The number of para-hydroxylation sites is 1. The van der Waals surface area contributed by atoms with E-state index in [0.29, 0.717) is 17.4 Å². The van der Waals surface area contributed by atoms with E-state index in [0.717, 1.165) is 25.2 Å². The van der Waals surface area contributed by atoms with E-state index in [1.807, 2.05) is 30.3 Å². The smallest absolute Gasteiger partial charge is 0.343 e. The first-order valence-corrected chi connectivity index (χ1v) is 10.2. The zero-order chi connectivity index (χ0) is 20.2. The van der Waals surface area contributed by atoms with Crippen LogP contribution in [0.5, 0.6) is 5.75 Å². The van der Waals surface area contributed by atoms with Crippen LogP contribution in [0.4, 0.5) is 0 Å². The van der Waals surface area contributed by atoms with Gasteiger partial charge in [-0.15, -0.1) is 0 Å². The monoisotopic (exact) mass is 391 g/mol. The van der Waals surface area contributed by atoms with Crippen LogP contribution in [0, 0.1) is 0 Å². The number of hydrogen-bond donors (Lipinski definition) is 1. The van der Waals surface area contributed by atoms with E-state index in [9.17, 15) is 14.7 Å². The molecule has 2 aromatic carbocycles. The van der Waals surface area contributed by atoms with Crippen molar-refractivity contribution in [2.24, 2.45) is 0 Å². The minimum atomic E-state index is -0.595. The van der Waals surface area contributed by atoms with Crippen LogP contribution in [0.1, 0.15) is 42.7 Å². The van der Waals surface area contributed by atoms with Crippen molar-refractivity contribution >= 4 is 16.8 Å². The van der Waals surface area contributed by atoms with Gasteiger partial charge in [0.05, 0.1) is 10.9 Å². The van der Waals surface area contributed by atoms with Crippen LogP contribution in [-0.2, 0) is 4.79 Å². The molecule has 0 aliphatic carbocycles. The van der Waals surface area contributed by atoms with Gasteiger partial charge in [-0.3, -0.25) is 4.79 Å². The van der Waals surface area contributed by atoms with Gasteiger partial charge in [0.15, 0.2) is 0 Å². The van der Waals surface area contributed by atoms with Gasteiger partial charge in [-0.05, 0) is 43.6 Å². The van der Waals surface area contributed by atoms with Crippen molar-refractivity contribution in [3.8, 4) is 5.75 Å². The standard InChI is InChI=1S/C24H25NO4/c26-18(12-15-25-13-6-7-14-25)16-20(17-8-2-1-3-9-17)22-23(27)19-10-4-5-11-21(19)29-24(22)28/h1-5,8-11,20,27H,6-7,12-16H2/t20-/m1/s1. The van der Waals surface area contributed by atoms with E-state index < -0.39 is 11.5 Å². The number of benzene rings is 2. The minimum absolute atomic E-state index is 0.0812. The van der Waals surface area contributed by atoms with Crippen LogP contribution < -0.4 is 5.63 Å². The predicted molar refractivity (Wildman–Crippen MR) is 112 cm³/mol. The van der Waals surface area contributed by atoms with Crippen LogP contribution in [0.2, 0.25) is 0 Å². The molecule has 0 amide bonds. The summed E-state index contributed by atoms with van der Waals surface area (Å²) in [5, 5.41) is 11.4. The molecule has 1 N–H and O–H groups in total. The second kappa shape index (κ2) is 8.62. The van der Waals surface area contributed by atoms with Crippen molar-refractivity contribution in [1.29, 1.82) is 0 Å². The second-order valence-electron chi connectivity index (χ2n) is 7.65. The Morgan fingerprint density at radius 1 is 1.03 bits per heavy atom. The highest BCUT2D eigenvalue weighted by Crippen LogP contribution is 2.36. The first kappa shape index (κ1) is 19.4. The Morgan fingerprint density at radius 2 is 1.72 bits per heavy atom. The summed E-state index contributed by atoms with van der Waals surface area (Å²) in [5.74, 6) is -0.557. The summed E-state index contributed by atoms with van der Waals surface area (Å²) in [6.07, 6.45) is 2.98. The number of ketones is 1. The number of rotatable bonds is 7. The summed E-state index contributed by atoms with van der Waals surface area (Å²) < 4.78 is 5.46. The van der Waals surface area contributed by atoms with Crippen LogP contribution in [0.15, 0.2) is 63.8 Å². The van der Waals surface area contributed by atoms with Crippen molar-refractivity contribution in [3.05, 3.63) is 76.1 Å². The highest BCUT2D eigenvalue weighted by Gasteiger charge is 2.27. The molecule has 1 saturated heterocycles. The van der Waals surface area contributed by atoms with Crippen LogP contribution in [0.3, 0.4) is 0 Å². The fraction of sp³-hybridized carbons (Fsp3) is 0.333. The number of fused-ring (bicyclic) bond motifs is 1. The van der Waals surface area contributed by atoms with Crippen LogP contribution in [0.25, 0.3) is 11.0 Å². The Labute approximate surface area is 169 Å². The van der Waals surface area contributed by atoms with Crippen LogP contribution in [-0.4, -0.2) is 35.4 Å². The van der Waals surface area contributed by atoms with E-state index in [2.05, 4.69) is 4.90 Å². The lowest BCUT2D eigenvalue weighted by atomic mass is 9.86. The fourth-order valence-corrected chi connectivity index (χ4v) is 4.15. The molecule has 150 valence electrons. The van der Waals surface area contributed by atoms with Gasteiger partial charge in [0, 0.05) is 25.3 Å². The average molecular weight is 391 g/mol. The third kappa shape index (κ3) is 4.25. The topological polar surface area (TPSA) is 70.8 Å². The lowest BCUT2D eigenvalue weighted by Crippen LogP contribution is -2.24. The van der Waals surface area contributed by atoms with Crippen molar-refractivity contribution < 1.29 is 14.3 Å². The van der Waals surface area contributed by atoms with Crippen molar-refractivity contribution in [2.75, 3.05) is 19.6 Å². The predicted octanol–water partition coefficient (Wildman–Crippen LogP) is 4.08. The maximum Gasteiger partial charge on any atom is 0.343 e. The maximum atomic E-state index is 12.8. The number of carbonyl (C=O) groups excluding carboxylic acids is 1. The normalized spacial score (nSPS) is 15.6. The summed E-state index contributed by atoms with van der Waals surface area (Å²) in [7, 11) is 0.